The molecule has 1 aromatic rings. The largest absolute Gasteiger partial charge is 0.353 e. The van der Waals surface area contributed by atoms with Gasteiger partial charge in [-0.1, -0.05) is 6.07 Å². The smallest absolute Gasteiger partial charge is 0.235 e. The van der Waals surface area contributed by atoms with Gasteiger partial charge in [-0.05, 0) is 43.9 Å². The van der Waals surface area contributed by atoms with Gasteiger partial charge < -0.3 is 10.6 Å². The topological polar surface area (TPSA) is 95.6 Å². The first-order valence-corrected chi connectivity index (χ1v) is 10.2. The van der Waals surface area contributed by atoms with E-state index in [4.69, 9.17) is 0 Å². The molecule has 1 unspecified atom stereocenters. The van der Waals surface area contributed by atoms with E-state index in [1.165, 1.54) is 4.31 Å². The van der Waals surface area contributed by atoms with Crippen molar-refractivity contribution in [2.75, 3.05) is 21.9 Å². The second kappa shape index (κ2) is 7.43. The number of carbonyl (C=O) groups is 2. The van der Waals surface area contributed by atoms with Crippen molar-refractivity contribution in [1.82, 2.24) is 5.32 Å². The van der Waals surface area contributed by atoms with Gasteiger partial charge in [0.05, 0.1) is 11.4 Å². The molecule has 1 atom stereocenters. The zero-order chi connectivity index (χ0) is 17.9. The van der Waals surface area contributed by atoms with Gasteiger partial charge in [0.25, 0.3) is 0 Å². The second-order valence-corrected chi connectivity index (χ2v) is 8.55. The Morgan fingerprint density at radius 3 is 2.88 bits per heavy atom. The average molecular weight is 365 g/mol. The highest BCUT2D eigenvalue weighted by Crippen LogP contribution is 2.26. The molecule has 0 saturated carbocycles. The van der Waals surface area contributed by atoms with Crippen molar-refractivity contribution in [2.24, 2.45) is 0 Å². The van der Waals surface area contributed by atoms with Crippen LogP contribution in [-0.2, 0) is 19.6 Å². The summed E-state index contributed by atoms with van der Waals surface area (Å²) in [6, 6.07) is 7.00. The molecule has 0 aromatic heterocycles. The van der Waals surface area contributed by atoms with Crippen molar-refractivity contribution in [3.63, 3.8) is 0 Å². The minimum Gasteiger partial charge on any atom is -0.353 e. The number of amides is 2. The summed E-state index contributed by atoms with van der Waals surface area (Å²) in [6.45, 7) is 0.473. The number of rotatable bonds is 5. The predicted molar refractivity (Wildman–Crippen MR) is 95.8 cm³/mol. The molecule has 0 spiro atoms. The molecule has 3 rings (SSSR count). The lowest BCUT2D eigenvalue weighted by atomic mass is 10.1. The molecular weight excluding hydrogens is 342 g/mol. The molecule has 0 radical (unpaired) electrons. The van der Waals surface area contributed by atoms with E-state index in [1.54, 1.807) is 24.3 Å². The van der Waals surface area contributed by atoms with Gasteiger partial charge in [0.2, 0.25) is 21.8 Å². The van der Waals surface area contributed by atoms with Gasteiger partial charge in [-0.2, -0.15) is 0 Å². The zero-order valence-electron chi connectivity index (χ0n) is 14.0. The molecule has 0 bridgehead atoms. The Labute approximate surface area is 147 Å². The van der Waals surface area contributed by atoms with E-state index in [2.05, 4.69) is 10.6 Å². The van der Waals surface area contributed by atoms with Crippen LogP contribution in [0, 0.1) is 0 Å². The predicted octanol–water partition coefficient (Wildman–Crippen LogP) is 1.61. The second-order valence-electron chi connectivity index (χ2n) is 6.54. The highest BCUT2D eigenvalue weighted by atomic mass is 32.2. The van der Waals surface area contributed by atoms with Gasteiger partial charge in [-0.3, -0.25) is 13.9 Å². The number of benzene rings is 1. The third-order valence-corrected chi connectivity index (χ3v) is 6.44. The molecule has 25 heavy (non-hydrogen) atoms. The Balaban J connectivity index is 1.59. The molecule has 1 aromatic carbocycles. The van der Waals surface area contributed by atoms with Gasteiger partial charge in [-0.15, -0.1) is 0 Å². The zero-order valence-corrected chi connectivity index (χ0v) is 14.8. The van der Waals surface area contributed by atoms with Crippen molar-refractivity contribution in [3.8, 4) is 0 Å². The van der Waals surface area contributed by atoms with E-state index in [1.807, 2.05) is 0 Å². The van der Waals surface area contributed by atoms with Gasteiger partial charge in [0.1, 0.15) is 0 Å². The first-order chi connectivity index (χ1) is 11.9. The van der Waals surface area contributed by atoms with Crippen molar-refractivity contribution in [3.05, 3.63) is 24.3 Å². The summed E-state index contributed by atoms with van der Waals surface area (Å²) in [7, 11) is -3.27. The first kappa shape index (κ1) is 17.7. The van der Waals surface area contributed by atoms with Gasteiger partial charge in [-0.25, -0.2) is 8.42 Å². The molecule has 2 amide bonds. The molecule has 2 N–H and O–H groups in total. The maximum absolute atomic E-state index is 12.2. The summed E-state index contributed by atoms with van der Waals surface area (Å²) in [5.41, 5.74) is 1.17. The number of anilines is 2. The number of sulfonamides is 1. The van der Waals surface area contributed by atoms with Crippen LogP contribution < -0.4 is 14.9 Å². The van der Waals surface area contributed by atoms with Crippen LogP contribution in [0.4, 0.5) is 11.4 Å². The quantitative estimate of drug-likeness (QED) is 0.829. The molecule has 2 aliphatic heterocycles. The lowest BCUT2D eigenvalue weighted by molar-refractivity contribution is -0.120. The van der Waals surface area contributed by atoms with Crippen LogP contribution in [0.5, 0.6) is 0 Å². The minimum atomic E-state index is -3.27. The normalized spacial score (nSPS) is 22.5. The Kier molecular flexibility index (Phi) is 5.27. The highest BCUT2D eigenvalue weighted by molar-refractivity contribution is 7.92. The van der Waals surface area contributed by atoms with E-state index in [0.717, 1.165) is 12.8 Å². The fourth-order valence-corrected chi connectivity index (χ4v) is 4.87. The lowest BCUT2D eigenvalue weighted by Gasteiger charge is -2.28. The van der Waals surface area contributed by atoms with E-state index < -0.39 is 10.0 Å². The molecule has 8 heteroatoms. The average Bonchev–Trinajstić information content (AvgIpc) is 2.98. The van der Waals surface area contributed by atoms with Gasteiger partial charge in [0.15, 0.2) is 0 Å². The van der Waals surface area contributed by atoms with Crippen molar-refractivity contribution >= 4 is 33.2 Å². The molecule has 2 aliphatic rings. The van der Waals surface area contributed by atoms with Crippen LogP contribution in [0.2, 0.25) is 0 Å². The third kappa shape index (κ3) is 4.50. The fourth-order valence-electron chi connectivity index (χ4n) is 3.24. The van der Waals surface area contributed by atoms with E-state index >= 15 is 0 Å². The lowest BCUT2D eigenvalue weighted by Crippen LogP contribution is -2.37. The van der Waals surface area contributed by atoms with Crippen molar-refractivity contribution in [2.45, 2.75) is 44.6 Å². The number of hydrogen-bond donors (Lipinski definition) is 2. The number of nitrogens with zero attached hydrogens (tertiary/aromatic N) is 1. The Morgan fingerprint density at radius 1 is 1.32 bits per heavy atom. The SMILES string of the molecule is O=C(CCC1CCC(=O)N1)Nc1cccc(N2CCCCS2(=O)=O)c1. The summed E-state index contributed by atoms with van der Waals surface area (Å²) in [6.07, 6.45) is 3.75. The van der Waals surface area contributed by atoms with Gasteiger partial charge >= 0.3 is 0 Å². The van der Waals surface area contributed by atoms with E-state index in [0.29, 0.717) is 43.6 Å². The van der Waals surface area contributed by atoms with Crippen LogP contribution in [0.25, 0.3) is 0 Å². The van der Waals surface area contributed by atoms with Crippen LogP contribution in [0.1, 0.15) is 38.5 Å². The van der Waals surface area contributed by atoms with Crippen molar-refractivity contribution < 1.29 is 18.0 Å². The monoisotopic (exact) mass is 365 g/mol. The number of hydrogen-bond acceptors (Lipinski definition) is 4. The highest BCUT2D eigenvalue weighted by Gasteiger charge is 2.26. The Morgan fingerprint density at radius 2 is 2.16 bits per heavy atom. The molecule has 7 nitrogen and oxygen atoms in total. The van der Waals surface area contributed by atoms with E-state index in [-0.39, 0.29) is 23.6 Å². The summed E-state index contributed by atoms with van der Waals surface area (Å²) < 4.78 is 25.8. The summed E-state index contributed by atoms with van der Waals surface area (Å²) in [5.74, 6) is 0.0668. The first-order valence-electron chi connectivity index (χ1n) is 8.64. The summed E-state index contributed by atoms with van der Waals surface area (Å²) in [5, 5.41) is 5.65. The summed E-state index contributed by atoms with van der Waals surface area (Å²) in [4.78, 5) is 23.3. The molecule has 2 saturated heterocycles. The summed E-state index contributed by atoms with van der Waals surface area (Å²) >= 11 is 0. The molecule has 2 heterocycles. The van der Waals surface area contributed by atoms with Crippen LogP contribution in [0.3, 0.4) is 0 Å². The van der Waals surface area contributed by atoms with E-state index in [9.17, 15) is 18.0 Å². The fraction of sp³-hybridized carbons (Fsp3) is 0.529. The Bertz CT molecular complexity index is 763. The van der Waals surface area contributed by atoms with Crippen LogP contribution >= 0.6 is 0 Å². The minimum absolute atomic E-state index is 0.0425. The van der Waals surface area contributed by atoms with Gasteiger partial charge in [0, 0.05) is 31.1 Å². The third-order valence-electron chi connectivity index (χ3n) is 4.57. The molecule has 2 fully saturated rings. The standard InChI is InChI=1S/C17H23N3O4S/c21-16-8-6-13(18-16)7-9-17(22)19-14-4-3-5-15(12-14)20-10-1-2-11-25(20,23)24/h3-5,12-13H,1-2,6-11H2,(H,18,21)(H,19,22). The Hall–Kier alpha value is -2.09. The molecular formula is C17H23N3O4S. The molecule has 0 aliphatic carbocycles. The number of nitrogens with one attached hydrogen (secondary N) is 2. The number of carbonyl (C=O) groups excluding carboxylic acids is 2. The maximum atomic E-state index is 12.2. The molecule has 136 valence electrons. The van der Waals surface area contributed by atoms with Crippen molar-refractivity contribution in [1.29, 1.82) is 0 Å². The maximum Gasteiger partial charge on any atom is 0.235 e. The van der Waals surface area contributed by atoms with Crippen LogP contribution in [0.15, 0.2) is 24.3 Å². The van der Waals surface area contributed by atoms with Crippen LogP contribution in [-0.4, -0.2) is 38.6 Å².